The summed E-state index contributed by atoms with van der Waals surface area (Å²) in [5, 5.41) is 12.9. The zero-order chi connectivity index (χ0) is 15.3. The maximum absolute atomic E-state index is 9.74. The normalized spacial score (nSPS) is 13.9. The average molecular weight is 297 g/mol. The molecule has 0 bridgehead atoms. The number of hydrogen-bond acceptors (Lipinski definition) is 5. The number of para-hydroxylation sites is 1. The maximum atomic E-state index is 9.74. The lowest BCUT2D eigenvalue weighted by Gasteiger charge is -2.16. The quantitative estimate of drug-likeness (QED) is 0.572. The van der Waals surface area contributed by atoms with E-state index < -0.39 is 6.10 Å². The Balaban J connectivity index is 1.94. The van der Waals surface area contributed by atoms with E-state index in [1.54, 1.807) is 7.11 Å². The highest BCUT2D eigenvalue weighted by molar-refractivity contribution is 5.20. The van der Waals surface area contributed by atoms with Gasteiger partial charge in [-0.3, -0.25) is 0 Å². The van der Waals surface area contributed by atoms with Gasteiger partial charge in [-0.15, -0.1) is 0 Å². The molecule has 0 saturated carbocycles. The third-order valence-corrected chi connectivity index (χ3v) is 2.86. The second kappa shape index (κ2) is 11.5. The number of hydrogen-bond donors (Lipinski definition) is 2. The summed E-state index contributed by atoms with van der Waals surface area (Å²) in [6, 6.07) is 9.75. The molecule has 2 N–H and O–H groups in total. The lowest BCUT2D eigenvalue weighted by Crippen LogP contribution is -2.33. The molecule has 0 radical (unpaired) electrons. The topological polar surface area (TPSA) is 60.0 Å². The van der Waals surface area contributed by atoms with Crippen LogP contribution in [0.4, 0.5) is 0 Å². The molecule has 0 aromatic heterocycles. The minimum absolute atomic E-state index is 0.00363. The molecule has 2 atom stereocenters. The van der Waals surface area contributed by atoms with E-state index in [1.807, 2.05) is 37.3 Å². The lowest BCUT2D eigenvalue weighted by atomic mass is 10.3. The molecule has 5 heteroatoms. The zero-order valence-corrected chi connectivity index (χ0v) is 13.0. The fourth-order valence-electron chi connectivity index (χ4n) is 1.79. The monoisotopic (exact) mass is 297 g/mol. The van der Waals surface area contributed by atoms with E-state index in [9.17, 15) is 5.11 Å². The van der Waals surface area contributed by atoms with E-state index >= 15 is 0 Å². The van der Waals surface area contributed by atoms with Gasteiger partial charge in [-0.25, -0.2) is 0 Å². The van der Waals surface area contributed by atoms with Gasteiger partial charge in [0, 0.05) is 13.7 Å². The summed E-state index contributed by atoms with van der Waals surface area (Å²) in [4.78, 5) is 0. The van der Waals surface area contributed by atoms with Crippen molar-refractivity contribution in [2.75, 3.05) is 40.0 Å². The van der Waals surface area contributed by atoms with Crippen molar-refractivity contribution in [1.82, 2.24) is 5.32 Å². The van der Waals surface area contributed by atoms with Gasteiger partial charge in [-0.2, -0.15) is 0 Å². The van der Waals surface area contributed by atoms with Crippen molar-refractivity contribution in [2.45, 2.75) is 25.6 Å². The van der Waals surface area contributed by atoms with Crippen LogP contribution in [-0.2, 0) is 9.47 Å². The molecular formula is C16H27NO4. The van der Waals surface area contributed by atoms with Crippen LogP contribution in [0.3, 0.4) is 0 Å². The van der Waals surface area contributed by atoms with Crippen LogP contribution in [0.5, 0.6) is 5.75 Å². The van der Waals surface area contributed by atoms with Gasteiger partial charge in [0.15, 0.2) is 0 Å². The Kier molecular flexibility index (Phi) is 9.82. The summed E-state index contributed by atoms with van der Waals surface area (Å²) in [7, 11) is 1.63. The number of aliphatic hydroxyl groups is 1. The second-order valence-corrected chi connectivity index (χ2v) is 4.97. The highest BCUT2D eigenvalue weighted by Gasteiger charge is 2.07. The van der Waals surface area contributed by atoms with Crippen molar-refractivity contribution in [3.05, 3.63) is 30.3 Å². The number of nitrogens with one attached hydrogen (secondary N) is 1. The highest BCUT2D eigenvalue weighted by Crippen LogP contribution is 2.07. The van der Waals surface area contributed by atoms with Gasteiger partial charge in [-0.1, -0.05) is 18.2 Å². The largest absolute Gasteiger partial charge is 0.494 e. The van der Waals surface area contributed by atoms with Gasteiger partial charge in [0.05, 0.1) is 32.0 Å². The van der Waals surface area contributed by atoms with E-state index in [0.717, 1.165) is 18.7 Å². The van der Waals surface area contributed by atoms with Crippen molar-refractivity contribution >= 4 is 0 Å². The molecule has 21 heavy (non-hydrogen) atoms. The molecule has 0 spiro atoms. The van der Waals surface area contributed by atoms with Crippen LogP contribution in [0.1, 0.15) is 13.3 Å². The third-order valence-electron chi connectivity index (χ3n) is 2.86. The van der Waals surface area contributed by atoms with Gasteiger partial charge >= 0.3 is 0 Å². The molecule has 5 nitrogen and oxygen atoms in total. The third kappa shape index (κ3) is 9.42. The van der Waals surface area contributed by atoms with Crippen molar-refractivity contribution in [3.63, 3.8) is 0 Å². The van der Waals surface area contributed by atoms with E-state index in [-0.39, 0.29) is 6.10 Å². The van der Waals surface area contributed by atoms with Crippen LogP contribution in [-0.4, -0.2) is 57.3 Å². The molecule has 0 fully saturated rings. The predicted molar refractivity (Wildman–Crippen MR) is 82.7 cm³/mol. The summed E-state index contributed by atoms with van der Waals surface area (Å²) in [6.07, 6.45) is 0.394. The molecular weight excluding hydrogens is 270 g/mol. The van der Waals surface area contributed by atoms with Gasteiger partial charge in [0.2, 0.25) is 0 Å². The number of aliphatic hydroxyl groups excluding tert-OH is 1. The number of rotatable bonds is 12. The molecule has 0 amide bonds. The Bertz CT molecular complexity index is 347. The SMILES string of the molecule is COCC(C)OCC(O)CNCCCOc1ccccc1. The minimum Gasteiger partial charge on any atom is -0.494 e. The van der Waals surface area contributed by atoms with E-state index in [4.69, 9.17) is 14.2 Å². The van der Waals surface area contributed by atoms with Crippen LogP contribution in [0.25, 0.3) is 0 Å². The smallest absolute Gasteiger partial charge is 0.119 e. The summed E-state index contributed by atoms with van der Waals surface area (Å²) in [5.41, 5.74) is 0. The van der Waals surface area contributed by atoms with E-state index in [2.05, 4.69) is 5.32 Å². The first-order valence-electron chi connectivity index (χ1n) is 7.39. The molecule has 0 aliphatic carbocycles. The van der Waals surface area contributed by atoms with E-state index in [1.165, 1.54) is 0 Å². The molecule has 0 heterocycles. The zero-order valence-electron chi connectivity index (χ0n) is 13.0. The van der Waals surface area contributed by atoms with Gasteiger partial charge in [0.1, 0.15) is 5.75 Å². The van der Waals surface area contributed by atoms with Crippen LogP contribution in [0, 0.1) is 0 Å². The molecule has 0 saturated heterocycles. The number of benzene rings is 1. The summed E-state index contributed by atoms with van der Waals surface area (Å²) < 4.78 is 16.0. The maximum Gasteiger partial charge on any atom is 0.119 e. The highest BCUT2D eigenvalue weighted by atomic mass is 16.5. The van der Waals surface area contributed by atoms with Crippen molar-refractivity contribution in [3.8, 4) is 5.75 Å². The Morgan fingerprint density at radius 3 is 2.67 bits per heavy atom. The molecule has 1 rings (SSSR count). The summed E-state index contributed by atoms with van der Waals surface area (Å²) >= 11 is 0. The molecule has 2 unspecified atom stereocenters. The Hall–Kier alpha value is -1.14. The van der Waals surface area contributed by atoms with Gasteiger partial charge < -0.3 is 24.6 Å². The molecule has 120 valence electrons. The summed E-state index contributed by atoms with van der Waals surface area (Å²) in [6.45, 7) is 4.76. The molecule has 0 aliphatic rings. The summed E-state index contributed by atoms with van der Waals surface area (Å²) in [5.74, 6) is 0.887. The van der Waals surface area contributed by atoms with Gasteiger partial charge in [0.25, 0.3) is 0 Å². The predicted octanol–water partition coefficient (Wildman–Crippen LogP) is 1.46. The fraction of sp³-hybridized carbons (Fsp3) is 0.625. The first-order valence-corrected chi connectivity index (χ1v) is 7.39. The molecule has 0 aliphatic heterocycles. The van der Waals surface area contributed by atoms with Crippen LogP contribution in [0.2, 0.25) is 0 Å². The van der Waals surface area contributed by atoms with Crippen molar-refractivity contribution in [1.29, 1.82) is 0 Å². The van der Waals surface area contributed by atoms with Crippen molar-refractivity contribution < 1.29 is 19.3 Å². The van der Waals surface area contributed by atoms with Crippen LogP contribution >= 0.6 is 0 Å². The molecule has 1 aromatic rings. The molecule has 1 aromatic carbocycles. The Morgan fingerprint density at radius 2 is 1.95 bits per heavy atom. The van der Waals surface area contributed by atoms with Crippen LogP contribution in [0.15, 0.2) is 30.3 Å². The van der Waals surface area contributed by atoms with E-state index in [0.29, 0.717) is 26.4 Å². The first kappa shape index (κ1) is 17.9. The van der Waals surface area contributed by atoms with Crippen LogP contribution < -0.4 is 10.1 Å². The Morgan fingerprint density at radius 1 is 1.19 bits per heavy atom. The van der Waals surface area contributed by atoms with Gasteiger partial charge in [-0.05, 0) is 32.0 Å². The lowest BCUT2D eigenvalue weighted by molar-refractivity contribution is -0.0310. The number of methoxy groups -OCH3 is 1. The standard InChI is InChI=1S/C16H27NO4/c1-14(12-19-2)21-13-15(18)11-17-9-6-10-20-16-7-4-3-5-8-16/h3-5,7-8,14-15,17-18H,6,9-13H2,1-2H3. The Labute approximate surface area is 127 Å². The second-order valence-electron chi connectivity index (χ2n) is 4.97. The fourth-order valence-corrected chi connectivity index (χ4v) is 1.79. The average Bonchev–Trinajstić information content (AvgIpc) is 2.50. The van der Waals surface area contributed by atoms with Crippen molar-refractivity contribution in [2.24, 2.45) is 0 Å². The number of ether oxygens (including phenoxy) is 3. The first-order chi connectivity index (χ1) is 10.2. The minimum atomic E-state index is -0.501.